The van der Waals surface area contributed by atoms with Gasteiger partial charge in [0.15, 0.2) is 0 Å². The molecular formula is C3H3F3NO6P. The van der Waals surface area contributed by atoms with Crippen LogP contribution in [-0.2, 0) is 18.9 Å². The molecule has 0 aliphatic rings. The van der Waals surface area contributed by atoms with Crippen molar-refractivity contribution in [1.82, 2.24) is 0 Å². The molecule has 0 spiro atoms. The lowest BCUT2D eigenvalue weighted by atomic mass is 10.7. The lowest BCUT2D eigenvalue weighted by Crippen LogP contribution is -2.09. The van der Waals surface area contributed by atoms with E-state index in [-0.39, 0.29) is 0 Å². The summed E-state index contributed by atoms with van der Waals surface area (Å²) in [5, 5.41) is 20.2. The third-order valence-corrected chi connectivity index (χ3v) is 0.183. The Balaban J connectivity index is -0.000000138. The Morgan fingerprint density at radius 1 is 1.14 bits per heavy atom. The molecule has 82 valence electrons. The standard InChI is InChI=1S/C2H2O4.CHNO.F3OP/c3-1(4)2(5)6;2-1-3;1-5(2,3)4/h(H,3,4)(H,5,6);2H;. The maximum absolute atomic E-state index is 9.91. The van der Waals surface area contributed by atoms with Crippen LogP contribution in [0.15, 0.2) is 0 Å². The summed E-state index contributed by atoms with van der Waals surface area (Å²) >= 11 is 0. The molecule has 3 N–H and O–H groups in total. The summed E-state index contributed by atoms with van der Waals surface area (Å²) in [6.45, 7) is 0. The van der Waals surface area contributed by atoms with Crippen molar-refractivity contribution < 1.29 is 41.8 Å². The van der Waals surface area contributed by atoms with E-state index in [1.165, 1.54) is 0 Å². The smallest absolute Gasteiger partial charge is 0.473 e. The van der Waals surface area contributed by atoms with E-state index in [1.807, 2.05) is 0 Å². The summed E-state index contributed by atoms with van der Waals surface area (Å²) in [6, 6.07) is 0. The Labute approximate surface area is 74.4 Å². The third-order valence-electron chi connectivity index (χ3n) is 0.183. The molecule has 0 heterocycles. The van der Waals surface area contributed by atoms with Crippen molar-refractivity contribution in [3.8, 4) is 0 Å². The fraction of sp³-hybridized carbons (Fsp3) is 0. The van der Waals surface area contributed by atoms with Crippen LogP contribution in [-0.4, -0.2) is 28.2 Å². The largest absolute Gasteiger partial charge is 0.591 e. The molecular weight excluding hydrogens is 234 g/mol. The number of carbonyl (C=O) groups excluding carboxylic acids is 1. The Hall–Kier alpha value is -1.66. The molecule has 0 saturated carbocycles. The summed E-state index contributed by atoms with van der Waals surface area (Å²) in [5.41, 5.74) is 0. The van der Waals surface area contributed by atoms with Crippen LogP contribution in [0.25, 0.3) is 0 Å². The van der Waals surface area contributed by atoms with Crippen molar-refractivity contribution >= 4 is 26.1 Å². The first-order valence-corrected chi connectivity index (χ1v) is 3.63. The van der Waals surface area contributed by atoms with E-state index in [0.29, 0.717) is 0 Å². The van der Waals surface area contributed by atoms with Crippen molar-refractivity contribution in [3.63, 3.8) is 0 Å². The molecule has 0 saturated heterocycles. The van der Waals surface area contributed by atoms with Crippen LogP contribution in [0.4, 0.5) is 12.6 Å². The lowest BCUT2D eigenvalue weighted by Gasteiger charge is -1.72. The van der Waals surface area contributed by atoms with Gasteiger partial charge in [-0.25, -0.2) is 24.4 Å². The zero-order valence-electron chi connectivity index (χ0n) is 6.11. The topological polar surface area (TPSA) is 133 Å². The second-order valence-corrected chi connectivity index (χ2v) is 1.91. The number of carboxylic acid groups (broad SMARTS) is 2. The predicted octanol–water partition coefficient (Wildman–Crippen LogP) is 1.06. The molecule has 0 aromatic rings. The molecule has 7 nitrogen and oxygen atoms in total. The van der Waals surface area contributed by atoms with E-state index < -0.39 is 20.0 Å². The molecule has 0 bridgehead atoms. The van der Waals surface area contributed by atoms with Gasteiger partial charge in [0, 0.05) is 0 Å². The van der Waals surface area contributed by atoms with Gasteiger partial charge >= 0.3 is 20.0 Å². The maximum atomic E-state index is 9.91. The minimum Gasteiger partial charge on any atom is -0.473 e. The van der Waals surface area contributed by atoms with Crippen LogP contribution in [0.5, 0.6) is 0 Å². The number of rotatable bonds is 0. The highest BCUT2D eigenvalue weighted by Gasteiger charge is 2.13. The number of nitrogens with one attached hydrogen (secondary N) is 1. The Kier molecular flexibility index (Phi) is 12.3. The first kappa shape index (κ1) is 18.2. The average molecular weight is 237 g/mol. The summed E-state index contributed by atoms with van der Waals surface area (Å²) < 4.78 is 37.9. The fourth-order valence-electron chi connectivity index (χ4n) is 0. The number of hydrogen-bond donors (Lipinski definition) is 3. The summed E-state index contributed by atoms with van der Waals surface area (Å²) in [7, 11) is -6.14. The normalized spacial score (nSPS) is 7.93. The lowest BCUT2D eigenvalue weighted by molar-refractivity contribution is -0.159. The molecule has 11 heteroatoms. The molecule has 0 aromatic heterocycles. The van der Waals surface area contributed by atoms with E-state index >= 15 is 0 Å². The minimum absolute atomic E-state index is 0.750. The van der Waals surface area contributed by atoms with Crippen LogP contribution in [0.3, 0.4) is 0 Å². The van der Waals surface area contributed by atoms with Gasteiger partial charge in [-0.2, -0.15) is 0 Å². The van der Waals surface area contributed by atoms with Crippen molar-refractivity contribution in [2.45, 2.75) is 0 Å². The summed E-state index contributed by atoms with van der Waals surface area (Å²) in [4.78, 5) is 26.5. The summed E-state index contributed by atoms with van der Waals surface area (Å²) in [5.74, 6) is -3.65. The quantitative estimate of drug-likeness (QED) is 0.249. The van der Waals surface area contributed by atoms with Crippen LogP contribution in [0, 0.1) is 5.41 Å². The Morgan fingerprint density at radius 3 is 1.21 bits per heavy atom. The van der Waals surface area contributed by atoms with Gasteiger partial charge in [-0.15, -0.1) is 12.6 Å². The van der Waals surface area contributed by atoms with Crippen LogP contribution >= 0.6 is 8.07 Å². The second-order valence-electron chi connectivity index (χ2n) is 1.11. The number of hydrogen-bond acceptors (Lipinski definition) is 5. The Bertz CT molecular complexity index is 247. The highest BCUT2D eigenvalue weighted by molar-refractivity contribution is 7.47. The SMILES string of the molecule is N=C=O.O=C(O)C(=O)O.O=P(F)(F)F. The molecule has 0 fully saturated rings. The molecule has 0 aliphatic heterocycles. The third kappa shape index (κ3) is 165. The van der Waals surface area contributed by atoms with Crippen LogP contribution in [0.1, 0.15) is 0 Å². The van der Waals surface area contributed by atoms with E-state index in [1.54, 1.807) is 0 Å². The molecule has 0 rings (SSSR count). The highest BCUT2D eigenvalue weighted by atomic mass is 31.3. The molecule has 0 atom stereocenters. The molecule has 14 heavy (non-hydrogen) atoms. The first-order chi connectivity index (χ1) is 6.06. The average Bonchev–Trinajstić information content (AvgIpc) is 1.84. The maximum Gasteiger partial charge on any atom is 0.591 e. The number of carbonyl (C=O) groups is 2. The number of aliphatic carboxylic acids is 2. The van der Waals surface area contributed by atoms with Crippen LogP contribution in [0.2, 0.25) is 0 Å². The number of carboxylic acids is 2. The van der Waals surface area contributed by atoms with Crippen molar-refractivity contribution in [3.05, 3.63) is 0 Å². The number of halogens is 3. The van der Waals surface area contributed by atoms with Gasteiger partial charge in [-0.05, 0) is 0 Å². The van der Waals surface area contributed by atoms with E-state index in [4.69, 9.17) is 34.6 Å². The van der Waals surface area contributed by atoms with Crippen molar-refractivity contribution in [1.29, 1.82) is 5.41 Å². The van der Waals surface area contributed by atoms with E-state index in [9.17, 15) is 12.6 Å². The molecule has 0 aromatic carbocycles. The zero-order valence-corrected chi connectivity index (χ0v) is 7.00. The van der Waals surface area contributed by atoms with Gasteiger partial charge in [0.25, 0.3) is 0 Å². The van der Waals surface area contributed by atoms with Gasteiger partial charge in [-0.3, -0.25) is 0 Å². The van der Waals surface area contributed by atoms with Gasteiger partial charge in [0.1, 0.15) is 0 Å². The summed E-state index contributed by atoms with van der Waals surface area (Å²) in [6.07, 6.45) is 0.750. The fourth-order valence-corrected chi connectivity index (χ4v) is 0. The highest BCUT2D eigenvalue weighted by Crippen LogP contribution is 2.50. The minimum atomic E-state index is -6.14. The van der Waals surface area contributed by atoms with Gasteiger partial charge in [0.2, 0.25) is 6.08 Å². The molecule has 0 radical (unpaired) electrons. The van der Waals surface area contributed by atoms with Crippen molar-refractivity contribution in [2.75, 3.05) is 0 Å². The van der Waals surface area contributed by atoms with Gasteiger partial charge in [-0.1, -0.05) is 0 Å². The predicted molar refractivity (Wildman–Crippen MR) is 34.6 cm³/mol. The van der Waals surface area contributed by atoms with Crippen molar-refractivity contribution in [2.24, 2.45) is 0 Å². The molecule has 0 amide bonds. The van der Waals surface area contributed by atoms with Crippen LogP contribution < -0.4 is 0 Å². The molecule has 0 unspecified atom stereocenters. The van der Waals surface area contributed by atoms with E-state index in [0.717, 1.165) is 6.08 Å². The second kappa shape index (κ2) is 9.43. The monoisotopic (exact) mass is 237 g/mol. The zero-order chi connectivity index (χ0) is 12.4. The Morgan fingerprint density at radius 2 is 1.21 bits per heavy atom. The first-order valence-electron chi connectivity index (χ1n) is 2.25. The molecule has 0 aliphatic carbocycles. The van der Waals surface area contributed by atoms with Gasteiger partial charge in [0.05, 0.1) is 0 Å². The van der Waals surface area contributed by atoms with E-state index in [2.05, 4.69) is 0 Å². The van der Waals surface area contributed by atoms with Gasteiger partial charge < -0.3 is 10.2 Å². The number of isocyanates is 1.